The van der Waals surface area contributed by atoms with E-state index in [2.05, 4.69) is 22.8 Å². The molecule has 2 amide bonds. The average molecular weight is 712 g/mol. The molecule has 272 valence electrons. The van der Waals surface area contributed by atoms with Crippen molar-refractivity contribution in [2.24, 2.45) is 5.41 Å². The number of amides is 2. The van der Waals surface area contributed by atoms with Gasteiger partial charge in [0.15, 0.2) is 11.8 Å². The van der Waals surface area contributed by atoms with Crippen molar-refractivity contribution in [1.29, 1.82) is 0 Å². The van der Waals surface area contributed by atoms with Crippen LogP contribution >= 0.6 is 0 Å². The minimum absolute atomic E-state index is 0.0740. The lowest BCUT2D eigenvalue weighted by atomic mass is 9.62. The summed E-state index contributed by atoms with van der Waals surface area (Å²) in [6.45, 7) is 0.374. The number of benzene rings is 3. The molecule has 2 aliphatic carbocycles. The smallest absolute Gasteiger partial charge is 0.327 e. The zero-order valence-electron chi connectivity index (χ0n) is 28.4. The summed E-state index contributed by atoms with van der Waals surface area (Å²) in [4.78, 5) is 47.9. The van der Waals surface area contributed by atoms with E-state index in [4.69, 9.17) is 34.0 Å². The van der Waals surface area contributed by atoms with E-state index in [-0.39, 0.29) is 57.7 Å². The van der Waals surface area contributed by atoms with Gasteiger partial charge in [0.05, 0.1) is 26.0 Å². The van der Waals surface area contributed by atoms with Gasteiger partial charge in [-0.2, -0.15) is 5.06 Å². The number of fused-ring (bicyclic) bond motifs is 5. The van der Waals surface area contributed by atoms with Crippen LogP contribution in [0.25, 0.3) is 6.08 Å². The molecule has 3 aromatic carbocycles. The Bertz CT molecular complexity index is 1840. The van der Waals surface area contributed by atoms with Crippen molar-refractivity contribution in [2.45, 2.75) is 68.6 Å². The Morgan fingerprint density at radius 3 is 2.44 bits per heavy atom. The third-order valence-corrected chi connectivity index (χ3v) is 10.6. The molecule has 3 aromatic rings. The Morgan fingerprint density at radius 1 is 0.923 bits per heavy atom. The minimum Gasteiger partial charge on any atom is -0.499 e. The first kappa shape index (κ1) is 34.5. The van der Waals surface area contributed by atoms with Gasteiger partial charge in [-0.3, -0.25) is 19.2 Å². The van der Waals surface area contributed by atoms with Crippen LogP contribution in [0.15, 0.2) is 79.1 Å². The van der Waals surface area contributed by atoms with Gasteiger partial charge in [-0.25, -0.2) is 0 Å². The highest BCUT2D eigenvalue weighted by Gasteiger charge is 2.76. The van der Waals surface area contributed by atoms with Gasteiger partial charge in [0.1, 0.15) is 36.4 Å². The summed E-state index contributed by atoms with van der Waals surface area (Å²) in [7, 11) is 0. The monoisotopic (exact) mass is 711 g/mol. The quantitative estimate of drug-likeness (QED) is 0.123. The Balaban J connectivity index is 1.08. The van der Waals surface area contributed by atoms with Crippen LogP contribution in [0.4, 0.5) is 0 Å². The molecule has 6 unspecified atom stereocenters. The Labute approximate surface area is 300 Å². The molecule has 3 heterocycles. The summed E-state index contributed by atoms with van der Waals surface area (Å²) in [5.41, 5.74) is 3.71. The van der Waals surface area contributed by atoms with Crippen molar-refractivity contribution in [2.75, 3.05) is 26.4 Å². The Morgan fingerprint density at radius 2 is 1.69 bits per heavy atom. The lowest BCUT2D eigenvalue weighted by Gasteiger charge is -2.48. The van der Waals surface area contributed by atoms with Gasteiger partial charge in [-0.05, 0) is 46.0 Å². The summed E-state index contributed by atoms with van der Waals surface area (Å²) < 4.78 is 24.9. The number of hydroxylamine groups is 2. The molecule has 3 saturated heterocycles. The highest BCUT2D eigenvalue weighted by molar-refractivity contribution is 5.95. The van der Waals surface area contributed by atoms with Crippen molar-refractivity contribution in [3.63, 3.8) is 0 Å². The third kappa shape index (κ3) is 6.16. The first-order valence-corrected chi connectivity index (χ1v) is 17.6. The van der Waals surface area contributed by atoms with Gasteiger partial charge in [0.2, 0.25) is 5.91 Å². The minimum atomic E-state index is -1.36. The van der Waals surface area contributed by atoms with Crippen LogP contribution in [-0.4, -0.2) is 95.7 Å². The van der Waals surface area contributed by atoms with E-state index in [0.29, 0.717) is 24.0 Å². The summed E-state index contributed by atoms with van der Waals surface area (Å²) in [6.07, 6.45) is 1.66. The van der Waals surface area contributed by atoms with Gasteiger partial charge in [0.25, 0.3) is 5.91 Å². The van der Waals surface area contributed by atoms with Crippen LogP contribution in [-0.2, 0) is 59.3 Å². The lowest BCUT2D eigenvalue weighted by molar-refractivity contribution is -0.217. The van der Waals surface area contributed by atoms with E-state index in [0.717, 1.165) is 22.3 Å². The molecule has 8 rings (SSSR count). The summed E-state index contributed by atoms with van der Waals surface area (Å²) in [5.74, 6) is -2.23. The van der Waals surface area contributed by atoms with Gasteiger partial charge in [0, 0.05) is 37.9 Å². The predicted molar refractivity (Wildman–Crippen MR) is 184 cm³/mol. The second kappa shape index (κ2) is 14.1. The summed E-state index contributed by atoms with van der Waals surface area (Å²) in [6, 6.07) is 21.5. The molecule has 52 heavy (non-hydrogen) atoms. The number of hydrogen-bond donors (Lipinski definition) is 4. The number of carbonyl (C=O) groups excluding carboxylic acids is 3. The largest absolute Gasteiger partial charge is 0.499 e. The molecule has 1 spiro atoms. The second-order valence-corrected chi connectivity index (χ2v) is 13.9. The van der Waals surface area contributed by atoms with Gasteiger partial charge in [-0.1, -0.05) is 60.7 Å². The molecule has 0 aromatic heterocycles. The van der Waals surface area contributed by atoms with Crippen molar-refractivity contribution < 1.29 is 48.4 Å². The van der Waals surface area contributed by atoms with Crippen LogP contribution < -0.4 is 10.6 Å². The highest BCUT2D eigenvalue weighted by Crippen LogP contribution is 2.58. The molecule has 3 aliphatic heterocycles. The lowest BCUT2D eigenvalue weighted by Crippen LogP contribution is -2.69. The Hall–Kier alpha value is -4.63. The number of carbonyl (C=O) groups is 3. The van der Waals surface area contributed by atoms with Crippen molar-refractivity contribution in [1.82, 2.24) is 15.7 Å². The maximum atomic E-state index is 14.7. The first-order chi connectivity index (χ1) is 25.3. The van der Waals surface area contributed by atoms with Gasteiger partial charge < -0.3 is 39.8 Å². The van der Waals surface area contributed by atoms with Crippen molar-refractivity contribution >= 4 is 23.9 Å². The van der Waals surface area contributed by atoms with Crippen LogP contribution in [0.3, 0.4) is 0 Å². The number of hydrogen-bond acceptors (Lipinski definition) is 11. The van der Waals surface area contributed by atoms with E-state index in [1.165, 1.54) is 6.26 Å². The molecule has 1 saturated carbocycles. The molecule has 5 aliphatic rings. The number of nitrogens with zero attached hydrogens (tertiary/aromatic N) is 1. The average Bonchev–Trinajstić information content (AvgIpc) is 3.83. The van der Waals surface area contributed by atoms with Gasteiger partial charge >= 0.3 is 5.97 Å². The van der Waals surface area contributed by atoms with Crippen molar-refractivity contribution in [3.05, 3.63) is 112 Å². The number of nitrogens with one attached hydrogen (secondary N) is 2. The predicted octanol–water partition coefficient (Wildman–Crippen LogP) is 1.78. The number of aliphatic hydroxyl groups is 2. The van der Waals surface area contributed by atoms with E-state index < -0.39 is 47.6 Å². The molecule has 2 bridgehead atoms. The van der Waals surface area contributed by atoms with Gasteiger partial charge in [-0.15, -0.1) is 0 Å². The van der Waals surface area contributed by atoms with Crippen LogP contribution in [0, 0.1) is 5.41 Å². The molecular formula is C39H41N3O10. The highest BCUT2D eigenvalue weighted by atomic mass is 16.8. The number of esters is 1. The molecule has 6 atom stereocenters. The van der Waals surface area contributed by atoms with E-state index in [1.807, 2.05) is 36.4 Å². The Kier molecular flexibility index (Phi) is 9.32. The van der Waals surface area contributed by atoms with Crippen LogP contribution in [0.1, 0.15) is 44.6 Å². The third-order valence-electron chi connectivity index (χ3n) is 10.6. The van der Waals surface area contributed by atoms with Crippen LogP contribution in [0.5, 0.6) is 0 Å². The molecule has 13 heteroatoms. The number of rotatable bonds is 12. The van der Waals surface area contributed by atoms with Crippen molar-refractivity contribution in [3.8, 4) is 0 Å². The molecular weight excluding hydrogens is 670 g/mol. The molecule has 0 radical (unpaired) electrons. The summed E-state index contributed by atoms with van der Waals surface area (Å²) >= 11 is 0. The maximum Gasteiger partial charge on any atom is 0.327 e. The normalized spacial score (nSPS) is 28.0. The fourth-order valence-corrected chi connectivity index (χ4v) is 8.36. The zero-order valence-corrected chi connectivity index (χ0v) is 28.4. The standard InChI is InChI=1S/C39H41N3O10/c43-14-13-40-35(45)27-7-3-4-26(18-27)22-41-37(47)39-21-30-31-32(51-38(50-31)19-28-5-1-2-6-29(28)20-38)34(39)52-42(33(39)36(46)49-30)23-25-10-8-24(9-11-25)12-16-48-17-15-44/h1-12,16,18,30-34,43-44H,13-15,17,19-23H2,(H,40,45)(H,41,47). The SMILES string of the molecule is O=C(NCCO)c1cccc(CNC(=O)C23CC4OC(=O)C2N(Cc2ccc(C=COCCO)cc2)OC3C2OC3(Cc5ccccc5C3)OC42)c1. The zero-order chi connectivity index (χ0) is 35.9. The topological polar surface area (TPSA) is 165 Å². The molecule has 4 fully saturated rings. The molecule has 13 nitrogen and oxygen atoms in total. The second-order valence-electron chi connectivity index (χ2n) is 13.9. The fraction of sp³-hybridized carbons (Fsp3) is 0.410. The number of ether oxygens (including phenoxy) is 4. The van der Waals surface area contributed by atoms with E-state index in [1.54, 1.807) is 35.4 Å². The fourth-order valence-electron chi connectivity index (χ4n) is 8.36. The molecule has 4 N–H and O–H groups in total. The summed E-state index contributed by atoms with van der Waals surface area (Å²) in [5, 5.41) is 25.3. The first-order valence-electron chi connectivity index (χ1n) is 17.6. The van der Waals surface area contributed by atoms with E-state index >= 15 is 0 Å². The number of aliphatic hydroxyl groups excluding tert-OH is 2. The van der Waals surface area contributed by atoms with E-state index in [9.17, 15) is 14.4 Å². The maximum absolute atomic E-state index is 14.7. The van der Waals surface area contributed by atoms with Crippen LogP contribution in [0.2, 0.25) is 0 Å².